The van der Waals surface area contributed by atoms with E-state index in [0.29, 0.717) is 28.2 Å². The molecule has 15 nitrogen and oxygen atoms in total. The number of carbonyl (C=O) groups is 1. The zero-order valence-corrected chi connectivity index (χ0v) is 26.1. The number of hydrogen-bond donors (Lipinski definition) is 3. The van der Waals surface area contributed by atoms with Crippen molar-refractivity contribution in [2.45, 2.75) is 62.4 Å². The maximum Gasteiger partial charge on any atom is 0.310 e. The summed E-state index contributed by atoms with van der Waals surface area (Å²) in [5, 5.41) is 45.8. The molecule has 3 saturated heterocycles. The number of aliphatic hydroxyl groups excluding tert-OH is 2. The van der Waals surface area contributed by atoms with Gasteiger partial charge in [-0.2, -0.15) is 0 Å². The van der Waals surface area contributed by atoms with E-state index in [1.807, 2.05) is 0 Å². The van der Waals surface area contributed by atoms with Crippen molar-refractivity contribution in [3.8, 4) is 41.9 Å². The van der Waals surface area contributed by atoms with E-state index in [4.69, 9.17) is 53.2 Å². The summed E-state index contributed by atoms with van der Waals surface area (Å²) in [5.41, 5.74) is 0.898. The molecule has 0 aromatic heterocycles. The number of esters is 1. The summed E-state index contributed by atoms with van der Waals surface area (Å²) in [6, 6.07) is 6.93. The fourth-order valence-electron chi connectivity index (χ4n) is 7.01. The number of aromatic hydroxyl groups is 1. The van der Waals surface area contributed by atoms with Gasteiger partial charge < -0.3 is 58.0 Å². The van der Waals surface area contributed by atoms with Gasteiger partial charge in [0.15, 0.2) is 35.6 Å². The van der Waals surface area contributed by atoms with Gasteiger partial charge in [0.2, 0.25) is 12.5 Å². The van der Waals surface area contributed by atoms with Gasteiger partial charge in [-0.3, -0.25) is 4.79 Å². The second kappa shape index (κ2) is 13.4. The van der Waals surface area contributed by atoms with E-state index in [1.54, 1.807) is 38.1 Å². The zero-order valence-electron chi connectivity index (χ0n) is 26.1. The summed E-state index contributed by atoms with van der Waals surface area (Å²) in [4.78, 5) is 13.4. The molecule has 10 atom stereocenters. The molecule has 3 fully saturated rings. The molecule has 0 spiro atoms. The number of aliphatic hydroxyl groups is 2. The van der Waals surface area contributed by atoms with Crippen molar-refractivity contribution in [2.75, 3.05) is 34.2 Å². The van der Waals surface area contributed by atoms with Gasteiger partial charge in [-0.1, -0.05) is 0 Å². The van der Waals surface area contributed by atoms with Crippen molar-refractivity contribution in [3.05, 3.63) is 41.0 Å². The maximum absolute atomic E-state index is 13.4. The Hall–Kier alpha value is -4.35. The predicted molar refractivity (Wildman–Crippen MR) is 156 cm³/mol. The summed E-state index contributed by atoms with van der Waals surface area (Å²) in [7, 11) is 2.86. The summed E-state index contributed by atoms with van der Waals surface area (Å²) in [5.74, 6) is -1.06. The first kappa shape index (κ1) is 34.0. The average Bonchev–Trinajstić information content (AvgIpc) is 3.71. The third-order valence-corrected chi connectivity index (χ3v) is 9.13. The Morgan fingerprint density at radius 3 is 2.17 bits per heavy atom. The highest BCUT2D eigenvalue weighted by molar-refractivity contribution is 5.79. The second-order valence-corrected chi connectivity index (χ2v) is 11.7. The minimum Gasteiger partial charge on any atom is -0.502 e. The third kappa shape index (κ3) is 5.65. The first-order valence-electron chi connectivity index (χ1n) is 14.7. The molecular weight excluding hydrogens is 620 g/mol. The Bertz CT molecular complexity index is 1500. The van der Waals surface area contributed by atoms with Crippen LogP contribution < -0.4 is 18.9 Å². The van der Waals surface area contributed by atoms with Gasteiger partial charge in [-0.05, 0) is 54.8 Å². The van der Waals surface area contributed by atoms with Gasteiger partial charge in [0.25, 0.3) is 0 Å². The van der Waals surface area contributed by atoms with E-state index < -0.39 is 66.3 Å². The second-order valence-electron chi connectivity index (χ2n) is 11.7. The zero-order chi connectivity index (χ0) is 34.2. The van der Waals surface area contributed by atoms with Crippen molar-refractivity contribution >= 4 is 5.97 Å². The number of rotatable bonds is 5. The van der Waals surface area contributed by atoms with Crippen LogP contribution >= 0.6 is 0 Å². The van der Waals surface area contributed by atoms with Crippen LogP contribution in [0, 0.1) is 35.5 Å². The van der Waals surface area contributed by atoms with Gasteiger partial charge in [0.1, 0.15) is 23.9 Å². The molecular formula is C32H36N2O13. The number of ether oxygens (including phenoxy) is 9. The van der Waals surface area contributed by atoms with Crippen molar-refractivity contribution in [1.82, 2.24) is 0 Å². The number of nitriles is 2. The molecule has 0 bridgehead atoms. The topological polar surface area (TPSA) is 208 Å². The van der Waals surface area contributed by atoms with Crippen LogP contribution in [0.5, 0.6) is 28.7 Å². The molecule has 15 heteroatoms. The van der Waals surface area contributed by atoms with Gasteiger partial charge >= 0.3 is 5.97 Å². The lowest BCUT2D eigenvalue weighted by Gasteiger charge is -2.52. The first-order chi connectivity index (χ1) is 22.6. The Morgan fingerprint density at radius 2 is 1.55 bits per heavy atom. The lowest BCUT2D eigenvalue weighted by Crippen LogP contribution is -2.69. The summed E-state index contributed by atoms with van der Waals surface area (Å²) >= 11 is 0. The number of fused-ring (bicyclic) bond motifs is 4. The van der Waals surface area contributed by atoms with Crippen LogP contribution in [-0.2, 0) is 28.5 Å². The van der Waals surface area contributed by atoms with Crippen LogP contribution in [0.15, 0.2) is 24.3 Å². The smallest absolute Gasteiger partial charge is 0.310 e. The molecule has 4 aliphatic heterocycles. The van der Waals surface area contributed by atoms with E-state index in [-0.39, 0.29) is 37.3 Å². The van der Waals surface area contributed by atoms with Crippen LogP contribution in [-0.4, -0.2) is 92.0 Å². The van der Waals surface area contributed by atoms with E-state index >= 15 is 0 Å². The van der Waals surface area contributed by atoms with Crippen molar-refractivity contribution in [2.24, 2.45) is 11.8 Å². The SMILES string of the molecule is C#N.C#N.COc1cc(C2c3cc4c(cc3C(OC3OC5(C)COC(C)OC5C(O)C3O)[C@H]3COC(=O)C23)OCO4)cc(OC)c1O. The van der Waals surface area contributed by atoms with Crippen molar-refractivity contribution < 1.29 is 62.7 Å². The molecule has 2 aromatic carbocycles. The molecule has 1 aliphatic carbocycles. The molecule has 0 amide bonds. The Kier molecular flexibility index (Phi) is 9.70. The molecule has 0 radical (unpaired) electrons. The van der Waals surface area contributed by atoms with E-state index in [1.165, 1.54) is 14.2 Å². The highest BCUT2D eigenvalue weighted by Gasteiger charge is 2.58. The van der Waals surface area contributed by atoms with Gasteiger partial charge in [0, 0.05) is 25.0 Å². The fourth-order valence-corrected chi connectivity index (χ4v) is 7.01. The predicted octanol–water partition coefficient (Wildman–Crippen LogP) is 2.01. The third-order valence-electron chi connectivity index (χ3n) is 9.13. The van der Waals surface area contributed by atoms with Crippen LogP contribution in [0.4, 0.5) is 0 Å². The average molecular weight is 657 g/mol. The molecule has 3 N–H and O–H groups in total. The molecule has 252 valence electrons. The van der Waals surface area contributed by atoms with Crippen molar-refractivity contribution in [3.63, 3.8) is 0 Å². The molecule has 2 aromatic rings. The van der Waals surface area contributed by atoms with Gasteiger partial charge in [-0.15, -0.1) is 0 Å². The summed E-state index contributed by atoms with van der Waals surface area (Å²) in [6.45, 7) is 10.6. The minimum atomic E-state index is -1.46. The minimum absolute atomic E-state index is 0.0268. The Labute approximate surface area is 270 Å². The largest absolute Gasteiger partial charge is 0.502 e. The lowest BCUT2D eigenvalue weighted by atomic mass is 9.66. The number of nitrogens with zero attached hydrogens (tertiary/aromatic N) is 2. The van der Waals surface area contributed by atoms with E-state index in [2.05, 4.69) is 13.1 Å². The number of carbonyl (C=O) groups excluding carboxylic acids is 1. The summed E-state index contributed by atoms with van der Waals surface area (Å²) in [6.07, 6.45) is -6.30. The Balaban J connectivity index is 0.00000105. The molecule has 5 aliphatic rings. The molecule has 7 rings (SSSR count). The highest BCUT2D eigenvalue weighted by atomic mass is 16.8. The monoisotopic (exact) mass is 656 g/mol. The number of cyclic esters (lactones) is 1. The van der Waals surface area contributed by atoms with E-state index in [0.717, 1.165) is 0 Å². The standard InChI is InChI=1S/C30H34O13.2CHN/c1-12-38-10-30(2)27(41-12)24(32)25(33)29(43-30)42-26-15-8-18-17(39-11-40-18)7-14(15)21(22-16(26)9-37-28(22)34)13-5-19(35-3)23(31)20(6-13)36-4;2*1-2/h5-8,12,16,21-22,24-27,29,31-33H,9-11H2,1-4H3;2*1H/t12?,16-,21?,22?,24?,25?,26?,27?,29?,30?;;/m0../s1. The maximum atomic E-state index is 13.4. The normalized spacial score (nSPS) is 34.5. The number of hydrogen-bond acceptors (Lipinski definition) is 15. The fraction of sp³-hybridized carbons (Fsp3) is 0.531. The van der Waals surface area contributed by atoms with Crippen LogP contribution in [0.25, 0.3) is 0 Å². The lowest BCUT2D eigenvalue weighted by molar-refractivity contribution is -0.394. The summed E-state index contributed by atoms with van der Waals surface area (Å²) < 4.78 is 52.1. The van der Waals surface area contributed by atoms with Crippen LogP contribution in [0.3, 0.4) is 0 Å². The highest BCUT2D eigenvalue weighted by Crippen LogP contribution is 2.57. The van der Waals surface area contributed by atoms with Crippen LogP contribution in [0.1, 0.15) is 42.6 Å². The molecule has 0 saturated carbocycles. The number of methoxy groups -OCH3 is 2. The quantitative estimate of drug-likeness (QED) is 0.393. The molecule has 4 heterocycles. The Morgan fingerprint density at radius 1 is 0.936 bits per heavy atom. The number of benzene rings is 2. The van der Waals surface area contributed by atoms with Gasteiger partial charge in [0.05, 0.1) is 39.5 Å². The molecule has 47 heavy (non-hydrogen) atoms. The van der Waals surface area contributed by atoms with E-state index in [9.17, 15) is 20.1 Å². The first-order valence-corrected chi connectivity index (χ1v) is 14.7. The van der Waals surface area contributed by atoms with Crippen LogP contribution in [0.2, 0.25) is 0 Å². The van der Waals surface area contributed by atoms with Gasteiger partial charge in [-0.25, -0.2) is 10.5 Å². The van der Waals surface area contributed by atoms with Crippen molar-refractivity contribution in [1.29, 1.82) is 10.5 Å². The molecule has 9 unspecified atom stereocenters. The number of phenolic OH excluding ortho intramolecular Hbond substituents is 1. The number of phenols is 1.